The Bertz CT molecular complexity index is 1500. The van der Waals surface area contributed by atoms with Gasteiger partial charge in [-0.3, -0.25) is 14.6 Å². The minimum atomic E-state index is -3.52. The molecule has 0 bridgehead atoms. The summed E-state index contributed by atoms with van der Waals surface area (Å²) < 4.78 is 32.0. The fourth-order valence-corrected chi connectivity index (χ4v) is 9.67. The lowest BCUT2D eigenvalue weighted by atomic mass is 9.42. The van der Waals surface area contributed by atoms with Crippen molar-refractivity contribution in [2.45, 2.75) is 60.1 Å². The molecule has 3 aromatic rings. The van der Waals surface area contributed by atoms with E-state index in [-0.39, 0.29) is 23.8 Å². The van der Waals surface area contributed by atoms with Crippen LogP contribution in [0, 0.1) is 17.8 Å². The standard InChI is InChI=1S/C28H28N4O5S/c33-26(17-7-9-29-10-8-17)30-20-3-5-22(6-4-20)38(35,36)28-14-18-11-21(12-19(15-28)25(18)28)31-27(34)23-13-24(37-32-23)16-1-2-16/h3-10,13,16,18-19,21,25H,1-2,11-12,14-15H2,(H,30,33)(H,31,34)/t18-,19+,21?,25?,28?. The smallest absolute Gasteiger partial charge is 0.273 e. The van der Waals surface area contributed by atoms with Gasteiger partial charge in [0, 0.05) is 41.7 Å². The highest BCUT2D eigenvalue weighted by atomic mass is 32.2. The lowest BCUT2D eigenvalue weighted by Gasteiger charge is -2.69. The Hall–Kier alpha value is -3.53. The number of nitrogens with zero attached hydrogens (tertiary/aromatic N) is 2. The maximum atomic E-state index is 13.7. The van der Waals surface area contributed by atoms with E-state index in [9.17, 15) is 18.0 Å². The number of hydrogen-bond donors (Lipinski definition) is 2. The highest BCUT2D eigenvalue weighted by Crippen LogP contribution is 2.70. The van der Waals surface area contributed by atoms with Crippen LogP contribution in [-0.4, -0.2) is 41.2 Å². The van der Waals surface area contributed by atoms with Gasteiger partial charge in [0.05, 0.1) is 9.64 Å². The molecule has 9 nitrogen and oxygen atoms in total. The number of carbonyl (C=O) groups is 2. The van der Waals surface area contributed by atoms with E-state index in [1.54, 1.807) is 54.9 Å². The average molecular weight is 533 g/mol. The van der Waals surface area contributed by atoms with Crippen LogP contribution in [0.5, 0.6) is 0 Å². The Morgan fingerprint density at radius 1 is 0.947 bits per heavy atom. The van der Waals surface area contributed by atoms with Gasteiger partial charge in [0.15, 0.2) is 15.5 Å². The summed E-state index contributed by atoms with van der Waals surface area (Å²) in [7, 11) is -3.52. The number of amides is 2. The molecule has 38 heavy (non-hydrogen) atoms. The van der Waals surface area contributed by atoms with Crippen LogP contribution in [0.1, 0.15) is 71.0 Å². The summed E-state index contributed by atoms with van der Waals surface area (Å²) in [5.74, 6) is 1.43. The molecule has 7 rings (SSSR count). The Morgan fingerprint density at radius 3 is 2.29 bits per heavy atom. The van der Waals surface area contributed by atoms with E-state index >= 15 is 0 Å². The van der Waals surface area contributed by atoms with E-state index in [0.717, 1.165) is 31.4 Å². The molecule has 4 aliphatic rings. The second-order valence-corrected chi connectivity index (χ2v) is 13.6. The molecule has 2 N–H and O–H groups in total. The minimum Gasteiger partial charge on any atom is -0.360 e. The molecule has 2 heterocycles. The summed E-state index contributed by atoms with van der Waals surface area (Å²) >= 11 is 0. The zero-order chi connectivity index (χ0) is 26.1. The lowest BCUT2D eigenvalue weighted by molar-refractivity contribution is -0.106. The van der Waals surface area contributed by atoms with Crippen molar-refractivity contribution in [2.24, 2.45) is 17.8 Å². The first-order valence-corrected chi connectivity index (χ1v) is 14.7. The molecule has 1 aromatic carbocycles. The number of benzene rings is 1. The van der Waals surface area contributed by atoms with E-state index in [1.807, 2.05) is 0 Å². The number of pyridine rings is 1. The predicted octanol–water partition coefficient (Wildman–Crippen LogP) is 3.96. The van der Waals surface area contributed by atoms with Gasteiger partial charge in [-0.2, -0.15) is 0 Å². The van der Waals surface area contributed by atoms with Crippen LogP contribution in [0.4, 0.5) is 5.69 Å². The average Bonchev–Trinajstić information content (AvgIpc) is 3.62. The van der Waals surface area contributed by atoms with Crippen molar-refractivity contribution in [3.8, 4) is 0 Å². The van der Waals surface area contributed by atoms with Crippen LogP contribution >= 0.6 is 0 Å². The van der Waals surface area contributed by atoms with Gasteiger partial charge in [-0.1, -0.05) is 5.16 Å². The molecule has 3 unspecified atom stereocenters. The quantitative estimate of drug-likeness (QED) is 0.471. The number of rotatable bonds is 7. The van der Waals surface area contributed by atoms with E-state index in [4.69, 9.17) is 4.52 Å². The van der Waals surface area contributed by atoms with Crippen molar-refractivity contribution in [3.05, 3.63) is 71.9 Å². The van der Waals surface area contributed by atoms with Crippen LogP contribution in [-0.2, 0) is 9.84 Å². The minimum absolute atomic E-state index is 0.0270. The number of sulfone groups is 1. The zero-order valence-electron chi connectivity index (χ0n) is 20.7. The maximum Gasteiger partial charge on any atom is 0.273 e. The second kappa shape index (κ2) is 8.49. The first-order valence-electron chi connectivity index (χ1n) is 13.2. The Morgan fingerprint density at radius 2 is 1.63 bits per heavy atom. The molecule has 2 aromatic heterocycles. The summed E-state index contributed by atoms with van der Waals surface area (Å²) in [6, 6.07) is 11.5. The molecule has 5 atom stereocenters. The first-order chi connectivity index (χ1) is 18.3. The van der Waals surface area contributed by atoms with Crippen molar-refractivity contribution in [1.29, 1.82) is 0 Å². The van der Waals surface area contributed by atoms with Crippen LogP contribution in [0.3, 0.4) is 0 Å². The summed E-state index contributed by atoms with van der Waals surface area (Å²) in [4.78, 5) is 29.3. The van der Waals surface area contributed by atoms with Gasteiger partial charge in [-0.25, -0.2) is 8.42 Å². The normalized spacial score (nSPS) is 29.4. The van der Waals surface area contributed by atoms with E-state index < -0.39 is 14.6 Å². The Kier molecular flexibility index (Phi) is 5.27. The third-order valence-corrected chi connectivity index (χ3v) is 11.6. The fraction of sp³-hybridized carbons (Fsp3) is 0.429. The summed E-state index contributed by atoms with van der Waals surface area (Å²) in [6.07, 6.45) is 8.09. The predicted molar refractivity (Wildman–Crippen MR) is 137 cm³/mol. The fourth-order valence-electron chi connectivity index (χ4n) is 7.10. The van der Waals surface area contributed by atoms with Crippen molar-refractivity contribution < 1.29 is 22.5 Å². The molecule has 2 amide bonds. The summed E-state index contributed by atoms with van der Waals surface area (Å²) in [5, 5.41) is 9.85. The zero-order valence-corrected chi connectivity index (χ0v) is 21.5. The Labute approximate surface area is 220 Å². The maximum absolute atomic E-state index is 13.7. The molecule has 0 spiro atoms. The second-order valence-electron chi connectivity index (χ2n) is 11.3. The molecule has 4 saturated carbocycles. The van der Waals surface area contributed by atoms with Crippen LogP contribution in [0.25, 0.3) is 0 Å². The number of aromatic nitrogens is 2. The van der Waals surface area contributed by atoms with Crippen molar-refractivity contribution in [2.75, 3.05) is 5.32 Å². The molecule has 0 aliphatic heterocycles. The number of anilines is 1. The van der Waals surface area contributed by atoms with Crippen LogP contribution in [0.2, 0.25) is 0 Å². The molecule has 0 saturated heterocycles. The van der Waals surface area contributed by atoms with Crippen LogP contribution in [0.15, 0.2) is 64.3 Å². The number of hydrogen-bond acceptors (Lipinski definition) is 7. The van der Waals surface area contributed by atoms with Gasteiger partial charge in [0.2, 0.25) is 0 Å². The van der Waals surface area contributed by atoms with Gasteiger partial charge in [0.25, 0.3) is 11.8 Å². The highest BCUT2D eigenvalue weighted by Gasteiger charge is 2.72. The van der Waals surface area contributed by atoms with Crippen molar-refractivity contribution >= 4 is 27.3 Å². The first kappa shape index (κ1) is 23.6. The largest absolute Gasteiger partial charge is 0.360 e. The third kappa shape index (κ3) is 3.68. The monoisotopic (exact) mass is 532 g/mol. The van der Waals surface area contributed by atoms with Gasteiger partial charge in [-0.15, -0.1) is 0 Å². The van der Waals surface area contributed by atoms with Gasteiger partial charge >= 0.3 is 0 Å². The molecule has 4 aliphatic carbocycles. The molecular formula is C28H28N4O5S. The van der Waals surface area contributed by atoms with Crippen molar-refractivity contribution in [1.82, 2.24) is 15.5 Å². The summed E-state index contributed by atoms with van der Waals surface area (Å²) in [6.45, 7) is 0. The Balaban J connectivity index is 0.989. The molecule has 4 fully saturated rings. The molecule has 0 radical (unpaired) electrons. The molecule has 10 heteroatoms. The van der Waals surface area contributed by atoms with Gasteiger partial charge < -0.3 is 15.2 Å². The topological polar surface area (TPSA) is 131 Å². The lowest BCUT2D eigenvalue weighted by Crippen LogP contribution is -2.73. The number of carbonyl (C=O) groups excluding carboxylic acids is 2. The summed E-state index contributed by atoms with van der Waals surface area (Å²) in [5.41, 5.74) is 1.34. The van der Waals surface area contributed by atoms with E-state index in [1.165, 1.54) is 0 Å². The molecule has 196 valence electrons. The van der Waals surface area contributed by atoms with Gasteiger partial charge in [0.1, 0.15) is 5.76 Å². The van der Waals surface area contributed by atoms with Gasteiger partial charge in [-0.05, 0) is 92.7 Å². The molecular weight excluding hydrogens is 504 g/mol. The number of nitrogens with one attached hydrogen (secondary N) is 2. The third-order valence-electron chi connectivity index (χ3n) is 8.99. The van der Waals surface area contributed by atoms with Crippen molar-refractivity contribution in [3.63, 3.8) is 0 Å². The SMILES string of the molecule is O=C(Nc1ccc(S(=O)(=O)C23C[C@H]4CC(NC(=O)c5cc(C6CC6)on5)C[C@@H](C2)C43)cc1)c1ccncc1. The van der Waals surface area contributed by atoms with Crippen LogP contribution < -0.4 is 10.6 Å². The van der Waals surface area contributed by atoms with E-state index in [0.29, 0.717) is 52.4 Å². The highest BCUT2D eigenvalue weighted by molar-refractivity contribution is 7.93. The van der Waals surface area contributed by atoms with E-state index in [2.05, 4.69) is 20.8 Å².